The van der Waals surface area contributed by atoms with Crippen molar-refractivity contribution in [3.05, 3.63) is 75.0 Å². The molecule has 2 aromatic carbocycles. The molecule has 3 aromatic rings. The SMILES string of the molecule is NC(=O)c1ccc(C23CCC(CCc4c(-c5c(Cl)cccc5Cl)noc4C4CC4)(CC2)CO3)cc1. The summed E-state index contributed by atoms with van der Waals surface area (Å²) >= 11 is 13.1. The summed E-state index contributed by atoms with van der Waals surface area (Å²) in [5.74, 6) is 1.05. The van der Waals surface area contributed by atoms with Crippen LogP contribution in [0.2, 0.25) is 10.0 Å². The molecule has 1 aromatic heterocycles. The van der Waals surface area contributed by atoms with Gasteiger partial charge in [0.25, 0.3) is 0 Å². The highest BCUT2D eigenvalue weighted by molar-refractivity contribution is 6.39. The molecular formula is C28H28Cl2N2O3. The van der Waals surface area contributed by atoms with E-state index in [0.717, 1.165) is 86.1 Å². The molecule has 2 saturated heterocycles. The number of halogens is 2. The fourth-order valence-corrected chi connectivity index (χ4v) is 6.51. The van der Waals surface area contributed by atoms with Gasteiger partial charge in [-0.2, -0.15) is 0 Å². The van der Waals surface area contributed by atoms with Crippen molar-refractivity contribution in [2.24, 2.45) is 11.1 Å². The number of nitrogens with zero attached hydrogens (tertiary/aromatic N) is 1. The molecule has 0 spiro atoms. The van der Waals surface area contributed by atoms with E-state index >= 15 is 0 Å². The number of carbonyl (C=O) groups is 1. The summed E-state index contributed by atoms with van der Waals surface area (Å²) in [6, 6.07) is 13.2. The van der Waals surface area contributed by atoms with Crippen LogP contribution in [0.5, 0.6) is 0 Å². The lowest BCUT2D eigenvalue weighted by atomic mass is 9.62. The Bertz CT molecular complexity index is 1240. The lowest BCUT2D eigenvalue weighted by molar-refractivity contribution is -0.191. The first-order chi connectivity index (χ1) is 16.9. The molecule has 0 atom stereocenters. The number of ether oxygens (including phenoxy) is 1. The number of hydrogen-bond donors (Lipinski definition) is 1. The summed E-state index contributed by atoms with van der Waals surface area (Å²) < 4.78 is 12.4. The lowest BCUT2D eigenvalue weighted by Gasteiger charge is -2.53. The van der Waals surface area contributed by atoms with Crippen molar-refractivity contribution < 1.29 is 14.1 Å². The van der Waals surface area contributed by atoms with E-state index in [1.54, 1.807) is 12.1 Å². The molecule has 7 rings (SSSR count). The summed E-state index contributed by atoms with van der Waals surface area (Å²) in [4.78, 5) is 11.4. The van der Waals surface area contributed by atoms with Crippen LogP contribution in [0.15, 0.2) is 47.0 Å². The number of nitrogens with two attached hydrogens (primary N) is 1. The third-order valence-electron chi connectivity index (χ3n) is 8.34. The molecule has 0 radical (unpaired) electrons. The van der Waals surface area contributed by atoms with Crippen LogP contribution in [-0.4, -0.2) is 17.7 Å². The van der Waals surface area contributed by atoms with E-state index in [0.29, 0.717) is 21.5 Å². The molecule has 0 unspecified atom stereocenters. The Morgan fingerprint density at radius 1 is 1.03 bits per heavy atom. The zero-order valence-corrected chi connectivity index (χ0v) is 21.0. The second kappa shape index (κ2) is 8.65. The van der Waals surface area contributed by atoms with Gasteiger partial charge < -0.3 is 15.0 Å². The van der Waals surface area contributed by atoms with E-state index in [9.17, 15) is 4.79 Å². The minimum atomic E-state index is -0.405. The monoisotopic (exact) mass is 510 g/mol. The van der Waals surface area contributed by atoms with E-state index in [1.807, 2.05) is 30.3 Å². The third-order valence-corrected chi connectivity index (χ3v) is 8.97. The number of hydrogen-bond acceptors (Lipinski definition) is 4. The summed E-state index contributed by atoms with van der Waals surface area (Å²) in [6.45, 7) is 0.733. The highest BCUT2D eigenvalue weighted by Gasteiger charge is 2.50. The van der Waals surface area contributed by atoms with Crippen molar-refractivity contribution in [1.82, 2.24) is 5.16 Å². The molecule has 2 aliphatic carbocycles. The standard InChI is InChI=1S/C28H28Cl2N2O3/c29-21-2-1-3-22(30)23(21)24-20(25(35-32-24)17-4-5-17)10-11-27-12-14-28(15-13-27,34-16-27)19-8-6-18(7-9-19)26(31)33/h1-3,6-9,17H,4-5,10-16H2,(H2,31,33). The number of amides is 1. The number of fused-ring (bicyclic) bond motifs is 3. The smallest absolute Gasteiger partial charge is 0.248 e. The van der Waals surface area contributed by atoms with E-state index in [1.165, 1.54) is 0 Å². The molecule has 182 valence electrons. The Morgan fingerprint density at radius 2 is 1.71 bits per heavy atom. The van der Waals surface area contributed by atoms with Crippen LogP contribution in [0.4, 0.5) is 0 Å². The first kappa shape index (κ1) is 23.1. The number of aromatic nitrogens is 1. The predicted octanol–water partition coefficient (Wildman–Crippen LogP) is 7.04. The lowest BCUT2D eigenvalue weighted by Crippen LogP contribution is -2.49. The average Bonchev–Trinajstić information content (AvgIpc) is 3.64. The number of carbonyl (C=O) groups excluding carboxylic acids is 1. The van der Waals surface area contributed by atoms with Gasteiger partial charge in [-0.15, -0.1) is 0 Å². The van der Waals surface area contributed by atoms with Gasteiger partial charge in [-0.3, -0.25) is 4.79 Å². The third kappa shape index (κ3) is 4.08. The Balaban J connectivity index is 1.22. The molecule has 35 heavy (non-hydrogen) atoms. The second-order valence-electron chi connectivity index (χ2n) is 10.5. The number of rotatable bonds is 7. The van der Waals surface area contributed by atoms with Crippen molar-refractivity contribution in [1.29, 1.82) is 0 Å². The number of benzene rings is 2. The van der Waals surface area contributed by atoms with Crippen molar-refractivity contribution in [3.8, 4) is 11.3 Å². The summed E-state index contributed by atoms with van der Waals surface area (Å²) in [5.41, 5.74) is 9.67. The van der Waals surface area contributed by atoms with Crippen LogP contribution in [0.1, 0.15) is 78.1 Å². The van der Waals surface area contributed by atoms with Gasteiger partial charge in [0.15, 0.2) is 0 Å². The zero-order valence-electron chi connectivity index (χ0n) is 19.5. The molecule has 2 N–H and O–H groups in total. The normalized spacial score (nSPS) is 25.7. The van der Waals surface area contributed by atoms with E-state index in [4.69, 9.17) is 38.2 Å². The molecule has 7 heteroatoms. The van der Waals surface area contributed by atoms with E-state index in [-0.39, 0.29) is 11.0 Å². The van der Waals surface area contributed by atoms with Gasteiger partial charge in [0.1, 0.15) is 11.5 Å². The molecule has 1 amide bonds. The maximum absolute atomic E-state index is 11.4. The van der Waals surface area contributed by atoms with Gasteiger partial charge in [0, 0.05) is 22.6 Å². The maximum Gasteiger partial charge on any atom is 0.248 e. The van der Waals surface area contributed by atoms with Crippen molar-refractivity contribution >= 4 is 29.1 Å². The number of primary amides is 1. The van der Waals surface area contributed by atoms with Crippen LogP contribution in [0.25, 0.3) is 11.3 Å². The molecule has 4 fully saturated rings. The topological polar surface area (TPSA) is 78.4 Å². The van der Waals surface area contributed by atoms with Gasteiger partial charge in [-0.1, -0.05) is 46.6 Å². The molecule has 2 bridgehead atoms. The van der Waals surface area contributed by atoms with Crippen LogP contribution >= 0.6 is 23.2 Å². The largest absolute Gasteiger partial charge is 0.370 e. The fraction of sp³-hybridized carbons (Fsp3) is 0.429. The summed E-state index contributed by atoms with van der Waals surface area (Å²) in [6.07, 6.45) is 8.34. The van der Waals surface area contributed by atoms with Crippen molar-refractivity contribution in [2.75, 3.05) is 6.61 Å². The molecule has 3 heterocycles. The fourth-order valence-electron chi connectivity index (χ4n) is 5.94. The molecule has 4 aliphatic rings. The van der Waals surface area contributed by atoms with Crippen LogP contribution in [0, 0.1) is 5.41 Å². The molecular weight excluding hydrogens is 483 g/mol. The predicted molar refractivity (Wildman–Crippen MR) is 136 cm³/mol. The van der Waals surface area contributed by atoms with Gasteiger partial charge >= 0.3 is 0 Å². The maximum atomic E-state index is 11.4. The van der Waals surface area contributed by atoms with Crippen LogP contribution in [-0.2, 0) is 16.8 Å². The van der Waals surface area contributed by atoms with Gasteiger partial charge in [0.2, 0.25) is 5.91 Å². The highest BCUT2D eigenvalue weighted by Crippen LogP contribution is 2.56. The second-order valence-corrected chi connectivity index (χ2v) is 11.3. The van der Waals surface area contributed by atoms with Gasteiger partial charge in [-0.25, -0.2) is 0 Å². The van der Waals surface area contributed by atoms with E-state index in [2.05, 4.69) is 5.16 Å². The zero-order chi connectivity index (χ0) is 24.2. The molecule has 2 saturated carbocycles. The molecule has 2 aliphatic heterocycles. The Morgan fingerprint density at radius 3 is 2.29 bits per heavy atom. The minimum Gasteiger partial charge on any atom is -0.370 e. The van der Waals surface area contributed by atoms with Crippen molar-refractivity contribution in [3.63, 3.8) is 0 Å². The van der Waals surface area contributed by atoms with Crippen LogP contribution < -0.4 is 5.73 Å². The highest BCUT2D eigenvalue weighted by atomic mass is 35.5. The van der Waals surface area contributed by atoms with Crippen molar-refractivity contribution in [2.45, 2.75) is 62.9 Å². The van der Waals surface area contributed by atoms with E-state index < -0.39 is 5.91 Å². The average molecular weight is 511 g/mol. The minimum absolute atomic E-state index is 0.147. The van der Waals surface area contributed by atoms with Crippen LogP contribution in [0.3, 0.4) is 0 Å². The Labute approximate surface area is 214 Å². The quantitative estimate of drug-likeness (QED) is 0.369. The summed E-state index contributed by atoms with van der Waals surface area (Å²) in [5, 5.41) is 5.65. The summed E-state index contributed by atoms with van der Waals surface area (Å²) in [7, 11) is 0. The Kier molecular flexibility index (Phi) is 5.70. The first-order valence-electron chi connectivity index (χ1n) is 12.4. The Hall–Kier alpha value is -2.34. The molecule has 5 nitrogen and oxygen atoms in total. The first-order valence-corrected chi connectivity index (χ1v) is 13.1. The van der Waals surface area contributed by atoms with Gasteiger partial charge in [0.05, 0.1) is 22.3 Å². The van der Waals surface area contributed by atoms with Gasteiger partial charge in [-0.05, 0) is 86.6 Å².